The standard InChI is InChI=1S/C12H20N4/c1-10-9-14-12(13-2)15-11(10)16-7-5-3-4-6-8-16/h9H,3-8H2,1-2H3,(H,13,14,15). The van der Waals surface area contributed by atoms with E-state index in [9.17, 15) is 0 Å². The number of hydrogen-bond acceptors (Lipinski definition) is 4. The van der Waals surface area contributed by atoms with Crippen LogP contribution in [0.4, 0.5) is 11.8 Å². The van der Waals surface area contributed by atoms with Gasteiger partial charge in [-0.05, 0) is 19.8 Å². The van der Waals surface area contributed by atoms with Gasteiger partial charge in [-0.1, -0.05) is 12.8 Å². The Morgan fingerprint density at radius 1 is 1.19 bits per heavy atom. The average Bonchev–Trinajstić information content (AvgIpc) is 2.58. The summed E-state index contributed by atoms with van der Waals surface area (Å²) in [6.07, 6.45) is 7.15. The molecule has 1 saturated heterocycles. The predicted molar refractivity (Wildman–Crippen MR) is 67.0 cm³/mol. The van der Waals surface area contributed by atoms with Crippen LogP contribution in [0.15, 0.2) is 6.20 Å². The molecule has 0 spiro atoms. The fourth-order valence-electron chi connectivity index (χ4n) is 2.16. The zero-order chi connectivity index (χ0) is 11.4. The summed E-state index contributed by atoms with van der Waals surface area (Å²) in [5.41, 5.74) is 1.17. The monoisotopic (exact) mass is 220 g/mol. The number of rotatable bonds is 2. The van der Waals surface area contributed by atoms with E-state index in [1.54, 1.807) is 0 Å². The zero-order valence-electron chi connectivity index (χ0n) is 10.2. The molecule has 2 heterocycles. The minimum atomic E-state index is 0.713. The third-order valence-corrected chi connectivity index (χ3v) is 3.07. The first kappa shape index (κ1) is 11.2. The second-order valence-electron chi connectivity index (χ2n) is 4.35. The number of hydrogen-bond donors (Lipinski definition) is 1. The lowest BCUT2D eigenvalue weighted by Crippen LogP contribution is -2.26. The van der Waals surface area contributed by atoms with E-state index >= 15 is 0 Å². The fraction of sp³-hybridized carbons (Fsp3) is 0.667. The van der Waals surface area contributed by atoms with Crippen molar-refractivity contribution in [1.29, 1.82) is 0 Å². The van der Waals surface area contributed by atoms with Crippen molar-refractivity contribution in [2.75, 3.05) is 30.4 Å². The van der Waals surface area contributed by atoms with Crippen LogP contribution in [0.3, 0.4) is 0 Å². The van der Waals surface area contributed by atoms with Crippen molar-refractivity contribution in [3.8, 4) is 0 Å². The summed E-state index contributed by atoms with van der Waals surface area (Å²) in [4.78, 5) is 11.2. The molecule has 1 aliphatic rings. The van der Waals surface area contributed by atoms with Crippen LogP contribution in [-0.2, 0) is 0 Å². The lowest BCUT2D eigenvalue weighted by atomic mass is 10.2. The van der Waals surface area contributed by atoms with Crippen LogP contribution in [0, 0.1) is 6.92 Å². The second-order valence-corrected chi connectivity index (χ2v) is 4.35. The molecule has 0 atom stereocenters. The summed E-state index contributed by atoms with van der Waals surface area (Å²) in [7, 11) is 1.86. The Balaban J connectivity index is 2.22. The third kappa shape index (κ3) is 2.43. The van der Waals surface area contributed by atoms with Gasteiger partial charge in [-0.2, -0.15) is 4.98 Å². The zero-order valence-corrected chi connectivity index (χ0v) is 10.2. The fourth-order valence-corrected chi connectivity index (χ4v) is 2.16. The van der Waals surface area contributed by atoms with Crippen molar-refractivity contribution < 1.29 is 0 Å². The Kier molecular flexibility index (Phi) is 3.59. The number of nitrogens with zero attached hydrogens (tertiary/aromatic N) is 3. The van der Waals surface area contributed by atoms with Crippen molar-refractivity contribution in [2.24, 2.45) is 0 Å². The first-order valence-corrected chi connectivity index (χ1v) is 6.07. The molecule has 2 rings (SSSR count). The maximum Gasteiger partial charge on any atom is 0.224 e. The summed E-state index contributed by atoms with van der Waals surface area (Å²) in [5, 5.41) is 3.00. The van der Waals surface area contributed by atoms with E-state index in [4.69, 9.17) is 0 Å². The first-order chi connectivity index (χ1) is 7.81. The highest BCUT2D eigenvalue weighted by atomic mass is 15.2. The topological polar surface area (TPSA) is 41.1 Å². The minimum Gasteiger partial charge on any atom is -0.357 e. The summed E-state index contributed by atoms with van der Waals surface area (Å²) in [6, 6.07) is 0. The molecule has 16 heavy (non-hydrogen) atoms. The summed E-state index contributed by atoms with van der Waals surface area (Å²) in [5.74, 6) is 1.81. The van der Waals surface area contributed by atoms with Gasteiger partial charge in [0, 0.05) is 31.9 Å². The molecule has 1 aromatic heterocycles. The smallest absolute Gasteiger partial charge is 0.224 e. The van der Waals surface area contributed by atoms with Crippen molar-refractivity contribution in [3.63, 3.8) is 0 Å². The largest absolute Gasteiger partial charge is 0.357 e. The Hall–Kier alpha value is -1.32. The highest BCUT2D eigenvalue weighted by Crippen LogP contribution is 2.21. The van der Waals surface area contributed by atoms with Crippen LogP contribution in [0.25, 0.3) is 0 Å². The van der Waals surface area contributed by atoms with Gasteiger partial charge in [0.15, 0.2) is 0 Å². The highest BCUT2D eigenvalue weighted by molar-refractivity contribution is 5.48. The van der Waals surface area contributed by atoms with Gasteiger partial charge in [-0.15, -0.1) is 0 Å². The predicted octanol–water partition coefficient (Wildman–Crippen LogP) is 2.21. The SMILES string of the molecule is CNc1ncc(C)c(N2CCCCCC2)n1. The normalized spacial score (nSPS) is 17.0. The summed E-state index contributed by atoms with van der Waals surface area (Å²) in [6.45, 7) is 4.34. The van der Waals surface area contributed by atoms with E-state index in [0.717, 1.165) is 18.9 Å². The van der Waals surface area contributed by atoms with E-state index < -0.39 is 0 Å². The molecule has 0 radical (unpaired) electrons. The molecule has 0 saturated carbocycles. The van der Waals surface area contributed by atoms with Crippen LogP contribution < -0.4 is 10.2 Å². The van der Waals surface area contributed by atoms with Gasteiger partial charge in [0.1, 0.15) is 5.82 Å². The molecule has 1 aromatic rings. The van der Waals surface area contributed by atoms with E-state index in [2.05, 4.69) is 27.1 Å². The molecule has 0 bridgehead atoms. The number of aromatic nitrogens is 2. The maximum atomic E-state index is 4.56. The van der Waals surface area contributed by atoms with Gasteiger partial charge >= 0.3 is 0 Å². The van der Waals surface area contributed by atoms with Crippen molar-refractivity contribution in [3.05, 3.63) is 11.8 Å². The number of anilines is 2. The molecule has 1 N–H and O–H groups in total. The minimum absolute atomic E-state index is 0.713. The molecule has 0 aliphatic carbocycles. The first-order valence-electron chi connectivity index (χ1n) is 6.07. The van der Waals surface area contributed by atoms with E-state index in [-0.39, 0.29) is 0 Å². The highest BCUT2D eigenvalue weighted by Gasteiger charge is 2.14. The Morgan fingerprint density at radius 2 is 1.88 bits per heavy atom. The molecule has 4 nitrogen and oxygen atoms in total. The molecule has 4 heteroatoms. The van der Waals surface area contributed by atoms with Gasteiger partial charge in [-0.25, -0.2) is 4.98 Å². The van der Waals surface area contributed by atoms with Gasteiger partial charge < -0.3 is 10.2 Å². The van der Waals surface area contributed by atoms with E-state index in [1.807, 2.05) is 13.2 Å². The number of aryl methyl sites for hydroxylation is 1. The molecule has 0 unspecified atom stereocenters. The van der Waals surface area contributed by atoms with Crippen LogP contribution in [0.5, 0.6) is 0 Å². The van der Waals surface area contributed by atoms with Crippen molar-refractivity contribution >= 4 is 11.8 Å². The lowest BCUT2D eigenvalue weighted by molar-refractivity contribution is 0.726. The molecule has 1 aliphatic heterocycles. The molecular weight excluding hydrogens is 200 g/mol. The molecule has 1 fully saturated rings. The van der Waals surface area contributed by atoms with Gasteiger partial charge in [-0.3, -0.25) is 0 Å². The Bertz CT molecular complexity index is 343. The van der Waals surface area contributed by atoms with Crippen LogP contribution in [0.1, 0.15) is 31.2 Å². The molecule has 0 amide bonds. The molecule has 88 valence electrons. The quantitative estimate of drug-likeness (QED) is 0.829. The van der Waals surface area contributed by atoms with Crippen molar-refractivity contribution in [1.82, 2.24) is 9.97 Å². The van der Waals surface area contributed by atoms with Crippen LogP contribution in [0.2, 0.25) is 0 Å². The summed E-state index contributed by atoms with van der Waals surface area (Å²) >= 11 is 0. The van der Waals surface area contributed by atoms with Gasteiger partial charge in [0.25, 0.3) is 0 Å². The maximum absolute atomic E-state index is 4.56. The summed E-state index contributed by atoms with van der Waals surface area (Å²) < 4.78 is 0. The molecular formula is C12H20N4. The molecule has 0 aromatic carbocycles. The number of nitrogens with one attached hydrogen (secondary N) is 1. The Labute approximate surface area is 97.1 Å². The van der Waals surface area contributed by atoms with Gasteiger partial charge in [0.2, 0.25) is 5.95 Å². The second kappa shape index (κ2) is 5.14. The van der Waals surface area contributed by atoms with E-state index in [1.165, 1.54) is 31.2 Å². The van der Waals surface area contributed by atoms with Crippen LogP contribution in [-0.4, -0.2) is 30.1 Å². The van der Waals surface area contributed by atoms with Crippen LogP contribution >= 0.6 is 0 Å². The van der Waals surface area contributed by atoms with Crippen molar-refractivity contribution in [2.45, 2.75) is 32.6 Å². The third-order valence-electron chi connectivity index (χ3n) is 3.07. The Morgan fingerprint density at radius 3 is 2.50 bits per heavy atom. The van der Waals surface area contributed by atoms with E-state index in [0.29, 0.717) is 5.95 Å². The lowest BCUT2D eigenvalue weighted by Gasteiger charge is -2.23. The average molecular weight is 220 g/mol. The van der Waals surface area contributed by atoms with Gasteiger partial charge in [0.05, 0.1) is 0 Å².